The molecule has 3 aliphatic rings. The molecule has 0 unspecified atom stereocenters. The lowest BCUT2D eigenvalue weighted by atomic mass is 9.96. The number of rotatable bonds is 27. The third kappa shape index (κ3) is 17.4. The van der Waals surface area contributed by atoms with Crippen LogP contribution in [0.15, 0.2) is 109 Å². The summed E-state index contributed by atoms with van der Waals surface area (Å²) in [4.78, 5) is 85.9. The second kappa shape index (κ2) is 31.5. The van der Waals surface area contributed by atoms with E-state index in [1.165, 1.54) is 11.1 Å². The number of carbonyl (C=O) groups is 6. The fraction of sp³-hybridized carbons (Fsp3) is 0.516. The number of likely N-dealkylation sites (tertiary alicyclic amines) is 1. The van der Waals surface area contributed by atoms with Crippen molar-refractivity contribution < 1.29 is 28.8 Å². The van der Waals surface area contributed by atoms with Crippen molar-refractivity contribution in [2.75, 3.05) is 33.7 Å². The van der Waals surface area contributed by atoms with Gasteiger partial charge in [0, 0.05) is 25.7 Å². The van der Waals surface area contributed by atoms with Gasteiger partial charge in [-0.25, -0.2) is 0 Å². The van der Waals surface area contributed by atoms with E-state index < -0.39 is 48.3 Å². The lowest BCUT2D eigenvalue weighted by Crippen LogP contribution is -2.58. The van der Waals surface area contributed by atoms with E-state index >= 15 is 0 Å². The molecule has 0 spiro atoms. The lowest BCUT2D eigenvalue weighted by molar-refractivity contribution is -0.144. The topological polar surface area (TPSA) is 205 Å². The number of aryl methyl sites for hydroxylation is 2. The molecular formula is C64H88N10O6S. The third-order valence-electron chi connectivity index (χ3n) is 16.5. The molecule has 7 rings (SSSR count). The standard InChI is InChI=1S/C64H88N10O6S/c1-6-7-10-27-52(69-58(75)43(2)65-4)62(79)73-42-19-29-54(73)60(77)71-56(47-22-11-8-12-23-47)49-34-30-45(31-35-49)20-17-40-67-64(81)68-41-18-21-46-32-36-50(37-33-46)57(48-24-13-9-14-25-48)72-61(78)55-39-38-51-26-15-16-28-53(63(80)74(51)55)70-59(76)44(3)66-5/h8-9,11-14,22-25,30-37,43-44,51-57,65-66H,6-7,10,15-21,26-29,38-42H2,1-5H3,(H,69,75)(H,70,76)(H,71,77)(H,72,78)(H2,67,68,81)/t43-,44+,51+,52+,53+,54+,55+,56+,57+/m1/s1. The summed E-state index contributed by atoms with van der Waals surface area (Å²) in [5, 5.41) is 25.8. The minimum Gasteiger partial charge on any atom is -0.363 e. The molecule has 436 valence electrons. The highest BCUT2D eigenvalue weighted by atomic mass is 32.1. The van der Waals surface area contributed by atoms with Crippen LogP contribution in [0.2, 0.25) is 0 Å². The summed E-state index contributed by atoms with van der Waals surface area (Å²) in [5.41, 5.74) is 6.13. The molecule has 4 aromatic rings. The molecule has 3 saturated heterocycles. The Hall–Kier alpha value is -6.69. The largest absolute Gasteiger partial charge is 0.363 e. The fourth-order valence-electron chi connectivity index (χ4n) is 11.4. The van der Waals surface area contributed by atoms with E-state index in [9.17, 15) is 28.8 Å². The average Bonchev–Trinajstić information content (AvgIpc) is 4.40. The number of nitrogens with zero attached hydrogens (tertiary/aromatic N) is 2. The van der Waals surface area contributed by atoms with E-state index in [1.54, 1.807) is 37.7 Å². The van der Waals surface area contributed by atoms with E-state index in [1.807, 2.05) is 60.7 Å². The molecule has 0 radical (unpaired) electrons. The molecule has 0 saturated carbocycles. The molecule has 0 aliphatic carbocycles. The molecule has 0 aromatic heterocycles. The maximum absolute atomic E-state index is 14.3. The SMILES string of the molecule is CCCCC[C@H](NC(=O)[C@@H](C)NC)C(=O)N1CCC[C@H]1C(=O)N[C@@H](c1ccccc1)c1ccc(CCCNC(=S)NCCCc2ccc([C@@H](NC(=O)[C@@H]3CC[C@@H]4CCCC[C@H](NC(=O)[C@H](C)NC)C(=O)N43)c3ccccc3)cc2)cc1. The van der Waals surface area contributed by atoms with Gasteiger partial charge in [0.05, 0.1) is 24.2 Å². The number of carbonyl (C=O) groups excluding carboxylic acids is 6. The normalized spacial score (nSPS) is 19.8. The van der Waals surface area contributed by atoms with Crippen LogP contribution in [-0.4, -0.2) is 126 Å². The van der Waals surface area contributed by atoms with Gasteiger partial charge in [-0.2, -0.15) is 0 Å². The predicted molar refractivity (Wildman–Crippen MR) is 323 cm³/mol. The van der Waals surface area contributed by atoms with Gasteiger partial charge in [-0.15, -0.1) is 0 Å². The van der Waals surface area contributed by atoms with Crippen molar-refractivity contribution >= 4 is 52.8 Å². The molecule has 81 heavy (non-hydrogen) atoms. The minimum atomic E-state index is -0.690. The van der Waals surface area contributed by atoms with Crippen molar-refractivity contribution in [2.24, 2.45) is 0 Å². The van der Waals surface area contributed by atoms with E-state index in [4.69, 9.17) is 12.2 Å². The Kier molecular flexibility index (Phi) is 24.1. The Morgan fingerprint density at radius 1 is 0.580 bits per heavy atom. The maximum atomic E-state index is 14.3. The first-order valence-corrected chi connectivity index (χ1v) is 30.2. The number of benzene rings is 4. The molecule has 3 fully saturated rings. The highest BCUT2D eigenvalue weighted by molar-refractivity contribution is 7.80. The van der Waals surface area contributed by atoms with Gasteiger partial charge < -0.3 is 52.3 Å². The zero-order valence-electron chi connectivity index (χ0n) is 48.3. The van der Waals surface area contributed by atoms with Crippen LogP contribution in [0.1, 0.15) is 156 Å². The van der Waals surface area contributed by atoms with Crippen LogP contribution in [0, 0.1) is 0 Å². The third-order valence-corrected chi connectivity index (χ3v) is 16.8. The van der Waals surface area contributed by atoms with Crippen LogP contribution < -0.4 is 42.5 Å². The number of fused-ring (bicyclic) bond motifs is 1. The van der Waals surface area contributed by atoms with Crippen molar-refractivity contribution in [3.05, 3.63) is 143 Å². The van der Waals surface area contributed by atoms with E-state index in [-0.39, 0.29) is 41.5 Å². The minimum absolute atomic E-state index is 0.0297. The molecule has 17 heteroatoms. The zero-order valence-corrected chi connectivity index (χ0v) is 49.1. The Labute approximate surface area is 485 Å². The summed E-state index contributed by atoms with van der Waals surface area (Å²) >= 11 is 5.65. The van der Waals surface area contributed by atoms with Crippen LogP contribution in [0.4, 0.5) is 0 Å². The second-order valence-corrected chi connectivity index (χ2v) is 22.6. The summed E-state index contributed by atoms with van der Waals surface area (Å²) in [6.45, 7) is 7.51. The monoisotopic (exact) mass is 1120 g/mol. The van der Waals surface area contributed by atoms with E-state index in [0.717, 1.165) is 92.9 Å². The number of hydrogen-bond acceptors (Lipinski definition) is 9. The maximum Gasteiger partial charge on any atom is 0.246 e. The smallest absolute Gasteiger partial charge is 0.246 e. The lowest BCUT2D eigenvalue weighted by Gasteiger charge is -2.36. The molecule has 0 bridgehead atoms. The fourth-order valence-corrected chi connectivity index (χ4v) is 11.6. The van der Waals surface area contributed by atoms with Crippen molar-refractivity contribution in [3.63, 3.8) is 0 Å². The number of nitrogens with one attached hydrogen (secondary N) is 8. The number of thiocarbonyl (C=S) groups is 1. The molecule has 9 atom stereocenters. The molecular weight excluding hydrogens is 1040 g/mol. The van der Waals surface area contributed by atoms with E-state index in [2.05, 4.69) is 98.0 Å². The van der Waals surface area contributed by atoms with Gasteiger partial charge in [-0.1, -0.05) is 148 Å². The van der Waals surface area contributed by atoms with Gasteiger partial charge in [0.25, 0.3) is 0 Å². The van der Waals surface area contributed by atoms with Gasteiger partial charge in [0.1, 0.15) is 24.2 Å². The number of likely N-dealkylation sites (N-methyl/N-ethyl adjacent to an activating group) is 2. The molecule has 4 aromatic carbocycles. The highest BCUT2D eigenvalue weighted by Gasteiger charge is 2.45. The molecule has 3 aliphatic heterocycles. The van der Waals surface area contributed by atoms with Crippen LogP contribution in [0.3, 0.4) is 0 Å². The molecule has 3 heterocycles. The van der Waals surface area contributed by atoms with Crippen LogP contribution in [0.5, 0.6) is 0 Å². The second-order valence-electron chi connectivity index (χ2n) is 22.2. The van der Waals surface area contributed by atoms with E-state index in [0.29, 0.717) is 56.9 Å². The first-order valence-electron chi connectivity index (χ1n) is 29.8. The summed E-state index contributed by atoms with van der Waals surface area (Å²) in [7, 11) is 3.43. The molecule has 8 N–H and O–H groups in total. The molecule has 6 amide bonds. The van der Waals surface area contributed by atoms with Crippen molar-refractivity contribution in [2.45, 2.75) is 178 Å². The number of amides is 6. The molecule has 16 nitrogen and oxygen atoms in total. The summed E-state index contributed by atoms with van der Waals surface area (Å²) in [5.74, 6) is -1.22. The highest BCUT2D eigenvalue weighted by Crippen LogP contribution is 2.33. The van der Waals surface area contributed by atoms with Crippen molar-refractivity contribution in [3.8, 4) is 0 Å². The Morgan fingerprint density at radius 3 is 1.64 bits per heavy atom. The van der Waals surface area contributed by atoms with Gasteiger partial charge in [0.15, 0.2) is 5.11 Å². The van der Waals surface area contributed by atoms with Crippen LogP contribution in [0.25, 0.3) is 0 Å². The summed E-state index contributed by atoms with van der Waals surface area (Å²) in [6.07, 6.45) is 12.5. The van der Waals surface area contributed by atoms with Crippen LogP contribution in [-0.2, 0) is 41.6 Å². The Morgan fingerprint density at radius 2 is 1.10 bits per heavy atom. The van der Waals surface area contributed by atoms with Gasteiger partial charge in [-0.05, 0) is 144 Å². The first kappa shape index (κ1) is 61.9. The van der Waals surface area contributed by atoms with Gasteiger partial charge in [-0.3, -0.25) is 28.8 Å². The summed E-state index contributed by atoms with van der Waals surface area (Å²) < 4.78 is 0. The van der Waals surface area contributed by atoms with Gasteiger partial charge >= 0.3 is 0 Å². The average molecular weight is 1130 g/mol. The predicted octanol–water partition coefficient (Wildman–Crippen LogP) is 6.82. The van der Waals surface area contributed by atoms with Crippen molar-refractivity contribution in [1.29, 1.82) is 0 Å². The van der Waals surface area contributed by atoms with Gasteiger partial charge in [0.2, 0.25) is 35.4 Å². The number of hydrogen-bond donors (Lipinski definition) is 8. The summed E-state index contributed by atoms with van der Waals surface area (Å²) in [6, 6.07) is 32.2. The number of unbranched alkanes of at least 4 members (excludes halogenated alkanes) is 2. The first-order chi connectivity index (χ1) is 39.3. The van der Waals surface area contributed by atoms with Crippen molar-refractivity contribution in [1.82, 2.24) is 52.3 Å². The quantitative estimate of drug-likeness (QED) is 0.0230. The zero-order chi connectivity index (χ0) is 57.7. The Bertz CT molecular complexity index is 2680. The van der Waals surface area contributed by atoms with Crippen LogP contribution >= 0.6 is 12.2 Å². The Balaban J connectivity index is 0.864.